The Morgan fingerprint density at radius 1 is 1.12 bits per heavy atom. The van der Waals surface area contributed by atoms with Crippen LogP contribution in [0.4, 0.5) is 5.82 Å². The fourth-order valence-electron chi connectivity index (χ4n) is 2.46. The second kappa shape index (κ2) is 6.98. The molecule has 0 radical (unpaired) electrons. The summed E-state index contributed by atoms with van der Waals surface area (Å²) < 4.78 is 0. The minimum absolute atomic E-state index is 0.448. The van der Waals surface area contributed by atoms with Gasteiger partial charge in [-0.2, -0.15) is 5.48 Å². The standard InChI is InChI=1S/C18H17ClN4O/c19-14-7-6-13-10-22-18(21)15(16(13)9-14)8-3-11-1-4-12(5-2-11)17(20)23-24/h1-10,17,23-24H,20H2,(H2,21,22)/b8-3+. The van der Waals surface area contributed by atoms with Gasteiger partial charge in [0.15, 0.2) is 0 Å². The maximum Gasteiger partial charge on any atom is 0.131 e. The van der Waals surface area contributed by atoms with Crippen molar-refractivity contribution in [3.8, 4) is 0 Å². The number of nitrogen functional groups attached to an aromatic ring is 1. The van der Waals surface area contributed by atoms with Gasteiger partial charge in [-0.3, -0.25) is 0 Å². The summed E-state index contributed by atoms with van der Waals surface area (Å²) in [5, 5.41) is 11.4. The number of hydrogen-bond acceptors (Lipinski definition) is 5. The van der Waals surface area contributed by atoms with Crippen molar-refractivity contribution in [1.29, 1.82) is 0 Å². The number of hydrogen-bond donors (Lipinski definition) is 4. The topological polar surface area (TPSA) is 97.2 Å². The third kappa shape index (κ3) is 3.39. The number of anilines is 1. The van der Waals surface area contributed by atoms with E-state index in [0.29, 0.717) is 10.8 Å². The lowest BCUT2D eigenvalue weighted by Crippen LogP contribution is -2.25. The number of nitrogens with two attached hydrogens (primary N) is 2. The Morgan fingerprint density at radius 3 is 2.58 bits per heavy atom. The number of nitrogens with one attached hydrogen (secondary N) is 1. The van der Waals surface area contributed by atoms with Crippen LogP contribution in [0.3, 0.4) is 0 Å². The molecule has 1 aromatic heterocycles. The summed E-state index contributed by atoms with van der Waals surface area (Å²) in [6.07, 6.45) is 4.98. The first kappa shape index (κ1) is 16.4. The average molecular weight is 341 g/mol. The number of hydroxylamine groups is 1. The molecule has 3 rings (SSSR count). The van der Waals surface area contributed by atoms with E-state index in [0.717, 1.165) is 27.5 Å². The van der Waals surface area contributed by atoms with E-state index in [9.17, 15) is 0 Å². The molecule has 6 heteroatoms. The number of fused-ring (bicyclic) bond motifs is 1. The van der Waals surface area contributed by atoms with Crippen LogP contribution in [0.2, 0.25) is 5.02 Å². The van der Waals surface area contributed by atoms with Crippen LogP contribution < -0.4 is 16.9 Å². The van der Waals surface area contributed by atoms with Gasteiger partial charge in [0, 0.05) is 22.2 Å². The van der Waals surface area contributed by atoms with Gasteiger partial charge in [0.25, 0.3) is 0 Å². The SMILES string of the molecule is Nc1ncc2ccc(Cl)cc2c1/C=C/c1ccc(C(N)NO)cc1. The summed E-state index contributed by atoms with van der Waals surface area (Å²) in [5.74, 6) is 0.448. The third-order valence-electron chi connectivity index (χ3n) is 3.80. The molecule has 0 saturated heterocycles. The third-order valence-corrected chi connectivity index (χ3v) is 4.04. The summed E-state index contributed by atoms with van der Waals surface area (Å²) in [5.41, 5.74) is 16.3. The molecule has 0 saturated carbocycles. The molecule has 1 unspecified atom stereocenters. The molecule has 0 amide bonds. The molecular weight excluding hydrogens is 324 g/mol. The lowest BCUT2D eigenvalue weighted by molar-refractivity contribution is 0.128. The highest BCUT2D eigenvalue weighted by Crippen LogP contribution is 2.27. The molecule has 3 aromatic rings. The lowest BCUT2D eigenvalue weighted by Gasteiger charge is -2.09. The molecule has 24 heavy (non-hydrogen) atoms. The van der Waals surface area contributed by atoms with Crippen molar-refractivity contribution in [3.63, 3.8) is 0 Å². The van der Waals surface area contributed by atoms with Crippen molar-refractivity contribution in [1.82, 2.24) is 10.5 Å². The zero-order valence-electron chi connectivity index (χ0n) is 12.8. The van der Waals surface area contributed by atoms with Crippen LogP contribution in [0.15, 0.2) is 48.7 Å². The Balaban J connectivity index is 1.96. The summed E-state index contributed by atoms with van der Waals surface area (Å²) in [7, 11) is 0. The van der Waals surface area contributed by atoms with Crippen LogP contribution in [0.5, 0.6) is 0 Å². The van der Waals surface area contributed by atoms with Gasteiger partial charge in [-0.15, -0.1) is 0 Å². The smallest absolute Gasteiger partial charge is 0.131 e. The summed E-state index contributed by atoms with van der Waals surface area (Å²) >= 11 is 6.10. The number of nitrogens with zero attached hydrogens (tertiary/aromatic N) is 1. The van der Waals surface area contributed by atoms with Crippen molar-refractivity contribution in [3.05, 3.63) is 70.4 Å². The van der Waals surface area contributed by atoms with Crippen LogP contribution in [-0.4, -0.2) is 10.2 Å². The summed E-state index contributed by atoms with van der Waals surface area (Å²) in [6.45, 7) is 0. The van der Waals surface area contributed by atoms with Gasteiger partial charge < -0.3 is 16.7 Å². The predicted octanol–water partition coefficient (Wildman–Crippen LogP) is 3.58. The Kier molecular flexibility index (Phi) is 4.78. The van der Waals surface area contributed by atoms with Crippen molar-refractivity contribution < 1.29 is 5.21 Å². The molecule has 0 aliphatic rings. The largest absolute Gasteiger partial charge is 0.383 e. The van der Waals surface area contributed by atoms with Gasteiger partial charge >= 0.3 is 0 Å². The fourth-order valence-corrected chi connectivity index (χ4v) is 2.64. The van der Waals surface area contributed by atoms with Crippen molar-refractivity contribution in [2.75, 3.05) is 5.73 Å². The molecule has 122 valence electrons. The Labute approximate surface area is 144 Å². The summed E-state index contributed by atoms with van der Waals surface area (Å²) in [4.78, 5) is 4.23. The number of pyridine rings is 1. The molecule has 1 atom stereocenters. The van der Waals surface area contributed by atoms with E-state index >= 15 is 0 Å². The average Bonchev–Trinajstić information content (AvgIpc) is 2.60. The molecular formula is C18H17ClN4O. The molecule has 0 fully saturated rings. The first-order valence-corrected chi connectivity index (χ1v) is 7.73. The molecule has 1 heterocycles. The van der Waals surface area contributed by atoms with E-state index in [4.69, 9.17) is 28.3 Å². The van der Waals surface area contributed by atoms with Crippen molar-refractivity contribution >= 4 is 40.3 Å². The Hall–Kier alpha value is -2.44. The minimum atomic E-state index is -0.608. The fraction of sp³-hybridized carbons (Fsp3) is 0.0556. The quantitative estimate of drug-likeness (QED) is 0.430. The molecule has 0 aliphatic carbocycles. The van der Waals surface area contributed by atoms with Gasteiger partial charge in [-0.25, -0.2) is 4.98 Å². The van der Waals surface area contributed by atoms with Crippen molar-refractivity contribution in [2.45, 2.75) is 6.17 Å². The molecule has 2 aromatic carbocycles. The molecule has 0 spiro atoms. The van der Waals surface area contributed by atoms with Gasteiger partial charge in [-0.1, -0.05) is 54.1 Å². The van der Waals surface area contributed by atoms with Gasteiger partial charge in [-0.05, 0) is 28.6 Å². The molecule has 0 aliphatic heterocycles. The monoisotopic (exact) mass is 340 g/mol. The maximum absolute atomic E-state index is 8.84. The normalized spacial score (nSPS) is 12.8. The zero-order chi connectivity index (χ0) is 17.1. The minimum Gasteiger partial charge on any atom is -0.383 e. The first-order chi connectivity index (χ1) is 11.6. The van der Waals surface area contributed by atoms with E-state index in [2.05, 4.69) is 4.98 Å². The summed E-state index contributed by atoms with van der Waals surface area (Å²) in [6, 6.07) is 13.1. The van der Waals surface area contributed by atoms with Gasteiger partial charge in [0.1, 0.15) is 12.0 Å². The number of benzene rings is 2. The van der Waals surface area contributed by atoms with Crippen LogP contribution in [0.25, 0.3) is 22.9 Å². The molecule has 5 nitrogen and oxygen atoms in total. The van der Waals surface area contributed by atoms with E-state index in [1.165, 1.54) is 0 Å². The second-order valence-electron chi connectivity index (χ2n) is 5.40. The van der Waals surface area contributed by atoms with Crippen molar-refractivity contribution in [2.24, 2.45) is 5.73 Å². The Bertz CT molecular complexity index is 888. The highest BCUT2D eigenvalue weighted by atomic mass is 35.5. The van der Waals surface area contributed by atoms with Crippen LogP contribution >= 0.6 is 11.6 Å². The first-order valence-electron chi connectivity index (χ1n) is 7.35. The van der Waals surface area contributed by atoms with Gasteiger partial charge in [0.05, 0.1) is 0 Å². The van der Waals surface area contributed by atoms with E-state index in [1.54, 1.807) is 6.20 Å². The van der Waals surface area contributed by atoms with Crippen LogP contribution in [-0.2, 0) is 0 Å². The highest BCUT2D eigenvalue weighted by molar-refractivity contribution is 6.31. The molecule has 6 N–H and O–H groups in total. The van der Waals surface area contributed by atoms with Crippen LogP contribution in [0.1, 0.15) is 22.9 Å². The van der Waals surface area contributed by atoms with E-state index in [-0.39, 0.29) is 0 Å². The number of rotatable bonds is 4. The molecule has 0 bridgehead atoms. The second-order valence-corrected chi connectivity index (χ2v) is 5.83. The number of aromatic nitrogens is 1. The zero-order valence-corrected chi connectivity index (χ0v) is 13.5. The maximum atomic E-state index is 8.84. The Morgan fingerprint density at radius 2 is 1.88 bits per heavy atom. The lowest BCUT2D eigenvalue weighted by atomic mass is 10.0. The number of halogens is 1. The highest BCUT2D eigenvalue weighted by Gasteiger charge is 2.06. The van der Waals surface area contributed by atoms with E-state index < -0.39 is 6.17 Å². The van der Waals surface area contributed by atoms with E-state index in [1.807, 2.05) is 60.1 Å². The predicted molar refractivity (Wildman–Crippen MR) is 98.4 cm³/mol. The van der Waals surface area contributed by atoms with Gasteiger partial charge in [0.2, 0.25) is 0 Å². The van der Waals surface area contributed by atoms with Crippen LogP contribution in [0, 0.1) is 0 Å².